The topological polar surface area (TPSA) is 50.5 Å². The second-order valence-electron chi connectivity index (χ2n) is 5.85. The number of aromatic nitrogens is 3. The molecule has 0 radical (unpaired) electrons. The van der Waals surface area contributed by atoms with Crippen LogP contribution in [0.5, 0.6) is 0 Å². The fraction of sp³-hybridized carbons (Fsp3) is 0.211. The van der Waals surface area contributed by atoms with E-state index in [4.69, 9.17) is 0 Å². The van der Waals surface area contributed by atoms with Gasteiger partial charge in [0.1, 0.15) is 0 Å². The summed E-state index contributed by atoms with van der Waals surface area (Å²) in [4.78, 5) is 15.6. The first-order chi connectivity index (χ1) is 12.7. The summed E-state index contributed by atoms with van der Waals surface area (Å²) < 4.78 is 3.20. The van der Waals surface area contributed by atoms with Gasteiger partial charge in [-0.2, -0.15) is 0 Å². The van der Waals surface area contributed by atoms with Crippen LogP contribution < -0.4 is 4.90 Å². The minimum absolute atomic E-state index is 0.0694. The summed E-state index contributed by atoms with van der Waals surface area (Å²) in [7, 11) is 0. The van der Waals surface area contributed by atoms with Gasteiger partial charge >= 0.3 is 0 Å². The molecule has 0 fully saturated rings. The van der Waals surface area contributed by atoms with Gasteiger partial charge in [-0.3, -0.25) is 9.20 Å². The van der Waals surface area contributed by atoms with Gasteiger partial charge in [-0.1, -0.05) is 53.4 Å². The first kappa shape index (κ1) is 17.1. The molecule has 1 atom stereocenters. The van der Waals surface area contributed by atoms with Gasteiger partial charge in [0, 0.05) is 12.2 Å². The molecule has 0 spiro atoms. The van der Waals surface area contributed by atoms with Crippen molar-refractivity contribution in [2.75, 3.05) is 11.4 Å². The van der Waals surface area contributed by atoms with Crippen molar-refractivity contribution in [2.24, 2.45) is 0 Å². The van der Waals surface area contributed by atoms with Crippen molar-refractivity contribution in [1.82, 2.24) is 14.6 Å². The highest BCUT2D eigenvalue weighted by atomic mass is 32.2. The molecule has 4 aromatic rings. The normalized spacial score (nSPS) is 12.5. The number of carbonyl (C=O) groups is 1. The molecule has 2 heterocycles. The third-order valence-electron chi connectivity index (χ3n) is 4.19. The minimum Gasteiger partial charge on any atom is -0.312 e. The van der Waals surface area contributed by atoms with E-state index >= 15 is 0 Å². The molecule has 4 rings (SSSR count). The molecule has 0 aliphatic heterocycles. The van der Waals surface area contributed by atoms with Gasteiger partial charge in [0.15, 0.2) is 5.16 Å². The maximum absolute atomic E-state index is 13.0. The maximum atomic E-state index is 13.0. The lowest BCUT2D eigenvalue weighted by Crippen LogP contribution is -2.36. The van der Waals surface area contributed by atoms with Gasteiger partial charge in [0.2, 0.25) is 10.9 Å². The van der Waals surface area contributed by atoms with Crippen molar-refractivity contribution >= 4 is 49.9 Å². The Morgan fingerprint density at radius 3 is 2.65 bits per heavy atom. The first-order valence-corrected chi connectivity index (χ1v) is 10.1. The van der Waals surface area contributed by atoms with E-state index in [2.05, 4.69) is 22.3 Å². The monoisotopic (exact) mass is 382 g/mol. The molecule has 132 valence electrons. The molecule has 0 bridgehead atoms. The average molecular weight is 383 g/mol. The summed E-state index contributed by atoms with van der Waals surface area (Å²) in [6, 6.07) is 17.9. The number of hydrogen-bond acceptors (Lipinski definition) is 5. The van der Waals surface area contributed by atoms with Crippen molar-refractivity contribution in [3.63, 3.8) is 0 Å². The van der Waals surface area contributed by atoms with Gasteiger partial charge in [0.05, 0.1) is 15.5 Å². The summed E-state index contributed by atoms with van der Waals surface area (Å²) in [5.74, 6) is 0.0694. The molecule has 2 aromatic heterocycles. The summed E-state index contributed by atoms with van der Waals surface area (Å²) >= 11 is 3.06. The molecule has 26 heavy (non-hydrogen) atoms. The number of thioether (sulfide) groups is 1. The molecule has 0 aliphatic rings. The van der Waals surface area contributed by atoms with Crippen LogP contribution in [-0.4, -0.2) is 32.3 Å². The zero-order chi connectivity index (χ0) is 18.1. The van der Waals surface area contributed by atoms with Crippen molar-refractivity contribution in [2.45, 2.75) is 24.3 Å². The Balaban J connectivity index is 1.62. The van der Waals surface area contributed by atoms with Crippen LogP contribution >= 0.6 is 23.1 Å². The zero-order valence-electron chi connectivity index (χ0n) is 14.5. The van der Waals surface area contributed by atoms with Gasteiger partial charge < -0.3 is 4.90 Å². The van der Waals surface area contributed by atoms with Gasteiger partial charge in [0.25, 0.3) is 0 Å². The number of fused-ring (bicyclic) bond motifs is 3. The predicted molar refractivity (Wildman–Crippen MR) is 108 cm³/mol. The summed E-state index contributed by atoms with van der Waals surface area (Å²) in [6.45, 7) is 4.54. The average Bonchev–Trinajstić information content (AvgIpc) is 3.23. The van der Waals surface area contributed by atoms with E-state index in [1.165, 1.54) is 11.8 Å². The smallest absolute Gasteiger partial charge is 0.240 e. The lowest BCUT2D eigenvalue weighted by Gasteiger charge is -2.23. The SMILES string of the molecule is CCN(C(=O)C(C)Sc1nnc2sc3ccccc3n12)c1ccccc1. The van der Waals surface area contributed by atoms with Crippen LogP contribution in [0.1, 0.15) is 13.8 Å². The third-order valence-corrected chi connectivity index (χ3v) is 6.23. The number of anilines is 1. The van der Waals surface area contributed by atoms with Gasteiger partial charge in [-0.05, 0) is 38.1 Å². The summed E-state index contributed by atoms with van der Waals surface area (Å²) in [6.07, 6.45) is 0. The molecule has 0 saturated heterocycles. The second-order valence-corrected chi connectivity index (χ2v) is 8.17. The van der Waals surface area contributed by atoms with Crippen LogP contribution in [-0.2, 0) is 4.79 Å². The van der Waals surface area contributed by atoms with Crippen LogP contribution in [0.25, 0.3) is 15.2 Å². The Bertz CT molecular complexity index is 1060. The van der Waals surface area contributed by atoms with E-state index < -0.39 is 0 Å². The Morgan fingerprint density at radius 2 is 1.88 bits per heavy atom. The van der Waals surface area contributed by atoms with Crippen molar-refractivity contribution < 1.29 is 4.79 Å². The number of nitrogens with zero attached hydrogens (tertiary/aromatic N) is 4. The van der Waals surface area contributed by atoms with Crippen molar-refractivity contribution in [1.29, 1.82) is 0 Å². The quantitative estimate of drug-likeness (QED) is 0.478. The fourth-order valence-corrected chi connectivity index (χ4v) is 4.88. The number of amides is 1. The fourth-order valence-electron chi connectivity index (χ4n) is 2.93. The molecule has 7 heteroatoms. The van der Waals surface area contributed by atoms with E-state index in [1.54, 1.807) is 11.3 Å². The van der Waals surface area contributed by atoms with E-state index in [0.29, 0.717) is 6.54 Å². The summed E-state index contributed by atoms with van der Waals surface area (Å²) in [5.41, 5.74) is 2.00. The first-order valence-electron chi connectivity index (χ1n) is 8.44. The van der Waals surface area contributed by atoms with Crippen molar-refractivity contribution in [3.05, 3.63) is 54.6 Å². The molecule has 0 N–H and O–H groups in total. The van der Waals surface area contributed by atoms with Gasteiger partial charge in [-0.25, -0.2) is 0 Å². The van der Waals surface area contributed by atoms with E-state index in [0.717, 1.165) is 26.0 Å². The molecular formula is C19H18N4OS2. The molecule has 1 unspecified atom stereocenters. The Morgan fingerprint density at radius 1 is 1.15 bits per heavy atom. The highest BCUT2D eigenvalue weighted by molar-refractivity contribution is 8.00. The second kappa shape index (κ2) is 7.09. The number of carbonyl (C=O) groups excluding carboxylic acids is 1. The zero-order valence-corrected chi connectivity index (χ0v) is 16.1. The molecule has 1 amide bonds. The number of para-hydroxylation sites is 2. The number of thiazole rings is 1. The third kappa shape index (κ3) is 2.97. The summed E-state index contributed by atoms with van der Waals surface area (Å²) in [5, 5.41) is 9.07. The Kier molecular flexibility index (Phi) is 4.65. The lowest BCUT2D eigenvalue weighted by atomic mass is 10.2. The highest BCUT2D eigenvalue weighted by Gasteiger charge is 2.24. The van der Waals surface area contributed by atoms with Crippen LogP contribution in [0.2, 0.25) is 0 Å². The molecule has 0 aliphatic carbocycles. The number of hydrogen-bond donors (Lipinski definition) is 0. The largest absolute Gasteiger partial charge is 0.312 e. The maximum Gasteiger partial charge on any atom is 0.240 e. The number of rotatable bonds is 5. The van der Waals surface area contributed by atoms with Crippen LogP contribution in [0.15, 0.2) is 59.8 Å². The number of benzene rings is 2. The van der Waals surface area contributed by atoms with E-state index in [-0.39, 0.29) is 11.2 Å². The Hall–Kier alpha value is -2.38. The molecular weight excluding hydrogens is 364 g/mol. The minimum atomic E-state index is -0.263. The molecule has 5 nitrogen and oxygen atoms in total. The van der Waals surface area contributed by atoms with Crippen LogP contribution in [0.4, 0.5) is 5.69 Å². The van der Waals surface area contributed by atoms with E-state index in [9.17, 15) is 4.79 Å². The molecule has 2 aromatic carbocycles. The lowest BCUT2D eigenvalue weighted by molar-refractivity contribution is -0.117. The standard InChI is InChI=1S/C19H18N4OS2/c1-3-22(14-9-5-4-6-10-14)17(24)13(2)25-18-20-21-19-23(18)15-11-7-8-12-16(15)26-19/h4-13H,3H2,1-2H3. The molecule has 0 saturated carbocycles. The highest BCUT2D eigenvalue weighted by Crippen LogP contribution is 2.31. The van der Waals surface area contributed by atoms with Crippen LogP contribution in [0, 0.1) is 0 Å². The Labute approximate surface area is 159 Å². The predicted octanol–water partition coefficient (Wildman–Crippen LogP) is 4.48. The van der Waals surface area contributed by atoms with Gasteiger partial charge in [-0.15, -0.1) is 10.2 Å². The van der Waals surface area contributed by atoms with Crippen LogP contribution in [0.3, 0.4) is 0 Å². The van der Waals surface area contributed by atoms with E-state index in [1.807, 2.05) is 65.6 Å². The van der Waals surface area contributed by atoms with Crippen molar-refractivity contribution in [3.8, 4) is 0 Å².